The summed E-state index contributed by atoms with van der Waals surface area (Å²) in [5.41, 5.74) is 3.49. The second-order valence-electron chi connectivity index (χ2n) is 7.38. The summed E-state index contributed by atoms with van der Waals surface area (Å²) in [6.07, 6.45) is 0.584. The molecule has 2 heterocycles. The van der Waals surface area contributed by atoms with Crippen molar-refractivity contribution in [3.05, 3.63) is 112 Å². The second kappa shape index (κ2) is 8.80. The van der Waals surface area contributed by atoms with Crippen molar-refractivity contribution < 1.29 is 4.42 Å². The number of benzene rings is 3. The molecular formula is C25H20N4O2S. The maximum atomic E-state index is 13.4. The fourth-order valence-corrected chi connectivity index (χ4v) is 4.39. The summed E-state index contributed by atoms with van der Waals surface area (Å²) < 4.78 is 7.51. The van der Waals surface area contributed by atoms with Gasteiger partial charge in [0, 0.05) is 0 Å². The Bertz CT molecular complexity index is 1440. The molecule has 7 heteroatoms. The normalized spacial score (nSPS) is 11.2. The zero-order valence-electron chi connectivity index (χ0n) is 17.4. The van der Waals surface area contributed by atoms with Crippen LogP contribution in [0.3, 0.4) is 0 Å². The Hall–Kier alpha value is -3.71. The van der Waals surface area contributed by atoms with Gasteiger partial charge in [0.1, 0.15) is 0 Å². The van der Waals surface area contributed by atoms with Gasteiger partial charge in [0.2, 0.25) is 11.8 Å². The van der Waals surface area contributed by atoms with E-state index in [1.54, 1.807) is 4.57 Å². The monoisotopic (exact) mass is 440 g/mol. The lowest BCUT2D eigenvalue weighted by molar-refractivity contribution is 0.474. The van der Waals surface area contributed by atoms with Crippen LogP contribution in [0.25, 0.3) is 16.6 Å². The third kappa shape index (κ3) is 4.07. The molecule has 0 N–H and O–H groups in total. The number of hydrogen-bond donors (Lipinski definition) is 0. The number of para-hydroxylation sites is 2. The molecule has 32 heavy (non-hydrogen) atoms. The summed E-state index contributed by atoms with van der Waals surface area (Å²) in [6, 6.07) is 25.2. The van der Waals surface area contributed by atoms with Crippen LogP contribution < -0.4 is 5.56 Å². The first-order chi connectivity index (χ1) is 15.7. The Morgan fingerprint density at radius 2 is 1.59 bits per heavy atom. The Morgan fingerprint density at radius 3 is 2.44 bits per heavy atom. The number of aryl methyl sites for hydroxylation is 1. The molecule has 5 aromatic rings. The topological polar surface area (TPSA) is 73.8 Å². The van der Waals surface area contributed by atoms with E-state index in [1.807, 2.05) is 85.8 Å². The predicted molar refractivity (Wildman–Crippen MR) is 125 cm³/mol. The first kappa shape index (κ1) is 20.2. The molecule has 0 aliphatic rings. The van der Waals surface area contributed by atoms with Crippen LogP contribution in [0.5, 0.6) is 0 Å². The van der Waals surface area contributed by atoms with Crippen LogP contribution in [0.15, 0.2) is 93.2 Å². The zero-order valence-corrected chi connectivity index (χ0v) is 18.2. The Labute approximate surface area is 189 Å². The van der Waals surface area contributed by atoms with Gasteiger partial charge in [-0.25, -0.2) is 4.98 Å². The van der Waals surface area contributed by atoms with Gasteiger partial charge in [0.25, 0.3) is 5.56 Å². The number of rotatable bonds is 6. The number of nitrogens with zero attached hydrogens (tertiary/aromatic N) is 4. The van der Waals surface area contributed by atoms with Crippen LogP contribution in [0.4, 0.5) is 0 Å². The van der Waals surface area contributed by atoms with Crippen molar-refractivity contribution in [2.75, 3.05) is 0 Å². The molecule has 3 aromatic carbocycles. The van der Waals surface area contributed by atoms with Gasteiger partial charge in [-0.1, -0.05) is 72.4 Å². The SMILES string of the molecule is Cc1ccccc1-n1c(SCc2nnc(Cc3ccccc3)o2)nc2ccccc2c1=O. The van der Waals surface area contributed by atoms with Crippen molar-refractivity contribution in [3.8, 4) is 5.69 Å². The molecule has 0 saturated carbocycles. The van der Waals surface area contributed by atoms with Crippen molar-refractivity contribution in [1.82, 2.24) is 19.7 Å². The van der Waals surface area contributed by atoms with Crippen molar-refractivity contribution >= 4 is 22.7 Å². The molecule has 6 nitrogen and oxygen atoms in total. The Balaban J connectivity index is 1.47. The number of aromatic nitrogens is 4. The second-order valence-corrected chi connectivity index (χ2v) is 8.32. The highest BCUT2D eigenvalue weighted by Gasteiger charge is 2.16. The van der Waals surface area contributed by atoms with Crippen LogP contribution in [0.2, 0.25) is 0 Å². The molecule has 0 amide bonds. The van der Waals surface area contributed by atoms with E-state index < -0.39 is 0 Å². The van der Waals surface area contributed by atoms with Crippen molar-refractivity contribution in [2.45, 2.75) is 24.3 Å². The number of thioether (sulfide) groups is 1. The lowest BCUT2D eigenvalue weighted by Crippen LogP contribution is -2.22. The Kier molecular flexibility index (Phi) is 5.56. The molecular weight excluding hydrogens is 420 g/mol. The minimum Gasteiger partial charge on any atom is -0.424 e. The van der Waals surface area contributed by atoms with E-state index in [0.29, 0.717) is 40.0 Å². The van der Waals surface area contributed by atoms with E-state index in [0.717, 1.165) is 16.8 Å². The van der Waals surface area contributed by atoms with Crippen LogP contribution >= 0.6 is 11.8 Å². The summed E-state index contributed by atoms with van der Waals surface area (Å²) >= 11 is 1.41. The summed E-state index contributed by atoms with van der Waals surface area (Å²) in [4.78, 5) is 18.2. The molecule has 158 valence electrons. The highest BCUT2D eigenvalue weighted by Crippen LogP contribution is 2.25. The van der Waals surface area contributed by atoms with E-state index in [9.17, 15) is 4.79 Å². The van der Waals surface area contributed by atoms with Crippen molar-refractivity contribution in [2.24, 2.45) is 0 Å². The van der Waals surface area contributed by atoms with Gasteiger partial charge < -0.3 is 4.42 Å². The highest BCUT2D eigenvalue weighted by atomic mass is 32.2. The molecule has 0 spiro atoms. The van der Waals surface area contributed by atoms with Gasteiger partial charge in [0.05, 0.1) is 28.8 Å². The van der Waals surface area contributed by atoms with E-state index in [4.69, 9.17) is 9.40 Å². The summed E-state index contributed by atoms with van der Waals surface area (Å²) in [5.74, 6) is 1.48. The van der Waals surface area contributed by atoms with Crippen LogP contribution in [0, 0.1) is 6.92 Å². The maximum absolute atomic E-state index is 13.4. The smallest absolute Gasteiger partial charge is 0.266 e. The molecule has 2 aromatic heterocycles. The van der Waals surface area contributed by atoms with Gasteiger partial charge in [-0.3, -0.25) is 9.36 Å². The molecule has 0 radical (unpaired) electrons. The van der Waals surface area contributed by atoms with E-state index in [-0.39, 0.29) is 5.56 Å². The molecule has 0 aliphatic heterocycles. The van der Waals surface area contributed by atoms with Crippen molar-refractivity contribution in [3.63, 3.8) is 0 Å². The highest BCUT2D eigenvalue weighted by molar-refractivity contribution is 7.98. The fraction of sp³-hybridized carbons (Fsp3) is 0.120. The van der Waals surface area contributed by atoms with Gasteiger partial charge in [0.15, 0.2) is 5.16 Å². The van der Waals surface area contributed by atoms with Gasteiger partial charge in [-0.2, -0.15) is 0 Å². The first-order valence-corrected chi connectivity index (χ1v) is 11.2. The number of fused-ring (bicyclic) bond motifs is 1. The molecule has 0 unspecified atom stereocenters. The average molecular weight is 441 g/mol. The lowest BCUT2D eigenvalue weighted by atomic mass is 10.2. The van der Waals surface area contributed by atoms with E-state index in [1.165, 1.54) is 11.8 Å². The molecule has 0 atom stereocenters. The maximum Gasteiger partial charge on any atom is 0.266 e. The largest absolute Gasteiger partial charge is 0.424 e. The minimum atomic E-state index is -0.0947. The average Bonchev–Trinajstić information content (AvgIpc) is 3.26. The summed E-state index contributed by atoms with van der Waals surface area (Å²) in [7, 11) is 0. The Morgan fingerprint density at radius 1 is 0.875 bits per heavy atom. The molecule has 0 fully saturated rings. The van der Waals surface area contributed by atoms with Crippen LogP contribution in [0.1, 0.15) is 22.9 Å². The summed E-state index contributed by atoms with van der Waals surface area (Å²) in [5, 5.41) is 9.52. The zero-order chi connectivity index (χ0) is 21.9. The molecule has 0 bridgehead atoms. The quantitative estimate of drug-likeness (QED) is 0.274. The van der Waals surface area contributed by atoms with Gasteiger partial charge in [-0.05, 0) is 36.2 Å². The first-order valence-electron chi connectivity index (χ1n) is 10.2. The molecule has 0 aliphatic carbocycles. The van der Waals surface area contributed by atoms with Crippen LogP contribution in [-0.4, -0.2) is 19.7 Å². The van der Waals surface area contributed by atoms with Gasteiger partial charge in [-0.15, -0.1) is 10.2 Å². The van der Waals surface area contributed by atoms with E-state index in [2.05, 4.69) is 10.2 Å². The number of hydrogen-bond acceptors (Lipinski definition) is 6. The molecule has 0 saturated heterocycles. The van der Waals surface area contributed by atoms with Crippen molar-refractivity contribution in [1.29, 1.82) is 0 Å². The minimum absolute atomic E-state index is 0.0947. The predicted octanol–water partition coefficient (Wildman–Crippen LogP) is 4.96. The summed E-state index contributed by atoms with van der Waals surface area (Å²) in [6.45, 7) is 1.99. The standard InChI is InChI=1S/C25H20N4O2S/c1-17-9-5-8-14-21(17)29-24(30)19-12-6-7-13-20(19)26-25(29)32-16-23-28-27-22(31-23)15-18-10-3-2-4-11-18/h2-14H,15-16H2,1H3. The molecule has 5 rings (SSSR count). The fourth-order valence-electron chi connectivity index (χ4n) is 3.55. The third-order valence-electron chi connectivity index (χ3n) is 5.13. The van der Waals surface area contributed by atoms with Crippen LogP contribution in [-0.2, 0) is 12.2 Å². The lowest BCUT2D eigenvalue weighted by Gasteiger charge is -2.14. The third-order valence-corrected chi connectivity index (χ3v) is 6.06. The van der Waals surface area contributed by atoms with E-state index >= 15 is 0 Å². The van der Waals surface area contributed by atoms with Gasteiger partial charge >= 0.3 is 0 Å².